The monoisotopic (exact) mass is 283 g/mol. The summed E-state index contributed by atoms with van der Waals surface area (Å²) >= 11 is 0. The Morgan fingerprint density at radius 2 is 2.16 bits per heavy atom. The molecule has 6 heteroatoms. The topological polar surface area (TPSA) is 66.1 Å². The van der Waals surface area contributed by atoms with Crippen LogP contribution < -0.4 is 0 Å². The smallest absolute Gasteiger partial charge is 0.178 e. The summed E-state index contributed by atoms with van der Waals surface area (Å²) in [7, 11) is -3.20. The van der Waals surface area contributed by atoms with Crippen LogP contribution in [0.5, 0.6) is 0 Å². The highest BCUT2D eigenvalue weighted by Gasteiger charge is 2.33. The predicted molar refractivity (Wildman–Crippen MR) is 72.6 cm³/mol. The van der Waals surface area contributed by atoms with Crippen LogP contribution in [0.25, 0.3) is 0 Å². The highest BCUT2D eigenvalue weighted by molar-refractivity contribution is 7.90. The molecule has 1 aromatic rings. The Labute approximate surface area is 114 Å². The molecule has 1 aliphatic carbocycles. The summed E-state index contributed by atoms with van der Waals surface area (Å²) in [5.41, 5.74) is 0.794. The van der Waals surface area contributed by atoms with Gasteiger partial charge in [-0.25, -0.2) is 8.42 Å². The number of nitrogens with one attached hydrogen (secondary N) is 1. The predicted octanol–water partition coefficient (Wildman–Crippen LogP) is 1.75. The van der Waals surface area contributed by atoms with Gasteiger partial charge in [-0.1, -0.05) is 6.42 Å². The molecular formula is C13H21N3O2S. The third kappa shape index (κ3) is 2.84. The largest absolute Gasteiger partial charge is 0.294 e. The SMILES string of the molecule is CS(=O)(=O)c1cn[nH]c1[C@H]1CCCCN1CC1CC1. The number of aromatic amines is 1. The van der Waals surface area contributed by atoms with Gasteiger partial charge in [0.2, 0.25) is 0 Å². The number of aromatic nitrogens is 2. The fourth-order valence-corrected chi connectivity index (χ4v) is 3.81. The number of H-pyrrole nitrogens is 1. The Morgan fingerprint density at radius 1 is 1.37 bits per heavy atom. The second kappa shape index (κ2) is 4.90. The van der Waals surface area contributed by atoms with E-state index in [1.807, 2.05) is 0 Å². The lowest BCUT2D eigenvalue weighted by molar-refractivity contribution is 0.137. The zero-order valence-electron chi connectivity index (χ0n) is 11.3. The Kier molecular flexibility index (Phi) is 3.39. The Bertz CT molecular complexity index is 548. The van der Waals surface area contributed by atoms with Crippen molar-refractivity contribution >= 4 is 9.84 Å². The first-order chi connectivity index (χ1) is 9.05. The minimum atomic E-state index is -3.20. The van der Waals surface area contributed by atoms with Crippen molar-refractivity contribution in [1.29, 1.82) is 0 Å². The van der Waals surface area contributed by atoms with E-state index in [0.717, 1.165) is 37.5 Å². The molecule has 1 saturated heterocycles. The van der Waals surface area contributed by atoms with Crippen molar-refractivity contribution in [1.82, 2.24) is 15.1 Å². The molecule has 0 spiro atoms. The standard InChI is InChI=1S/C13H21N3O2S/c1-19(17,18)12-8-14-15-13(12)11-4-2-3-7-16(11)9-10-5-6-10/h8,10-11H,2-7,9H2,1H3,(H,14,15)/t11-/m1/s1. The minimum Gasteiger partial charge on any atom is -0.294 e. The Balaban J connectivity index is 1.87. The Morgan fingerprint density at radius 3 is 2.84 bits per heavy atom. The molecule has 0 unspecified atom stereocenters. The van der Waals surface area contributed by atoms with Gasteiger partial charge in [-0.05, 0) is 38.1 Å². The molecule has 5 nitrogen and oxygen atoms in total. The van der Waals surface area contributed by atoms with Crippen molar-refractivity contribution in [2.75, 3.05) is 19.3 Å². The van der Waals surface area contributed by atoms with Crippen LogP contribution in [-0.4, -0.2) is 42.9 Å². The number of sulfone groups is 1. The molecule has 0 aromatic carbocycles. The first kappa shape index (κ1) is 13.1. The molecule has 1 saturated carbocycles. The second-order valence-electron chi connectivity index (χ2n) is 5.87. The van der Waals surface area contributed by atoms with Gasteiger partial charge in [-0.15, -0.1) is 0 Å². The molecule has 19 heavy (non-hydrogen) atoms. The molecule has 0 bridgehead atoms. The molecular weight excluding hydrogens is 262 g/mol. The van der Waals surface area contributed by atoms with Crippen molar-refractivity contribution < 1.29 is 8.42 Å². The van der Waals surface area contributed by atoms with Crippen molar-refractivity contribution in [2.24, 2.45) is 5.92 Å². The molecule has 2 fully saturated rings. The number of likely N-dealkylation sites (tertiary alicyclic amines) is 1. The van der Waals surface area contributed by atoms with E-state index in [1.54, 1.807) is 0 Å². The molecule has 1 atom stereocenters. The maximum Gasteiger partial charge on any atom is 0.178 e. The normalized spacial score (nSPS) is 25.6. The van der Waals surface area contributed by atoms with Crippen LogP contribution in [-0.2, 0) is 9.84 Å². The van der Waals surface area contributed by atoms with Crippen LogP contribution >= 0.6 is 0 Å². The highest BCUT2D eigenvalue weighted by atomic mass is 32.2. The maximum absolute atomic E-state index is 11.8. The van der Waals surface area contributed by atoms with Crippen LogP contribution in [0, 0.1) is 5.92 Å². The van der Waals surface area contributed by atoms with Gasteiger partial charge < -0.3 is 0 Å². The van der Waals surface area contributed by atoms with Crippen molar-refractivity contribution in [3.05, 3.63) is 11.9 Å². The fourth-order valence-electron chi connectivity index (χ4n) is 2.99. The van der Waals surface area contributed by atoms with Gasteiger partial charge in [-0.3, -0.25) is 10.00 Å². The van der Waals surface area contributed by atoms with Gasteiger partial charge in [0.05, 0.1) is 17.9 Å². The van der Waals surface area contributed by atoms with E-state index in [9.17, 15) is 8.42 Å². The van der Waals surface area contributed by atoms with Crippen molar-refractivity contribution in [3.63, 3.8) is 0 Å². The summed E-state index contributed by atoms with van der Waals surface area (Å²) in [6, 6.07) is 0.196. The first-order valence-corrected chi connectivity index (χ1v) is 8.92. The van der Waals surface area contributed by atoms with Crippen LogP contribution in [0.15, 0.2) is 11.1 Å². The third-order valence-corrected chi connectivity index (χ3v) is 5.29. The summed E-state index contributed by atoms with van der Waals surface area (Å²) in [5, 5.41) is 6.90. The van der Waals surface area contributed by atoms with Crippen LogP contribution in [0.3, 0.4) is 0 Å². The van der Waals surface area contributed by atoms with Gasteiger partial charge in [0.25, 0.3) is 0 Å². The quantitative estimate of drug-likeness (QED) is 0.914. The average Bonchev–Trinajstić information content (AvgIpc) is 3.02. The van der Waals surface area contributed by atoms with E-state index in [2.05, 4.69) is 15.1 Å². The van der Waals surface area contributed by atoms with E-state index < -0.39 is 9.84 Å². The summed E-state index contributed by atoms with van der Waals surface area (Å²) in [4.78, 5) is 2.82. The highest BCUT2D eigenvalue weighted by Crippen LogP contribution is 2.37. The van der Waals surface area contributed by atoms with Crippen LogP contribution in [0.2, 0.25) is 0 Å². The molecule has 106 valence electrons. The van der Waals surface area contributed by atoms with Crippen molar-refractivity contribution in [3.8, 4) is 0 Å². The zero-order valence-corrected chi connectivity index (χ0v) is 12.1. The number of rotatable bonds is 4. The lowest BCUT2D eigenvalue weighted by Crippen LogP contribution is -2.35. The molecule has 1 aliphatic heterocycles. The van der Waals surface area contributed by atoms with E-state index >= 15 is 0 Å². The van der Waals surface area contributed by atoms with E-state index in [-0.39, 0.29) is 6.04 Å². The van der Waals surface area contributed by atoms with Gasteiger partial charge in [-0.2, -0.15) is 5.10 Å². The summed E-state index contributed by atoms with van der Waals surface area (Å²) in [6.45, 7) is 2.18. The summed E-state index contributed by atoms with van der Waals surface area (Å²) in [5.74, 6) is 0.824. The lowest BCUT2D eigenvalue weighted by atomic mass is 9.99. The second-order valence-corrected chi connectivity index (χ2v) is 7.85. The van der Waals surface area contributed by atoms with Gasteiger partial charge in [0.15, 0.2) is 9.84 Å². The summed E-state index contributed by atoms with van der Waals surface area (Å²) < 4.78 is 23.6. The maximum atomic E-state index is 11.8. The molecule has 3 rings (SSSR count). The van der Waals surface area contributed by atoms with Gasteiger partial charge in [0.1, 0.15) is 4.90 Å². The zero-order chi connectivity index (χ0) is 13.5. The number of hydrogen-bond donors (Lipinski definition) is 1. The molecule has 2 heterocycles. The minimum absolute atomic E-state index is 0.196. The molecule has 2 aliphatic rings. The fraction of sp³-hybridized carbons (Fsp3) is 0.769. The average molecular weight is 283 g/mol. The van der Waals surface area contributed by atoms with E-state index in [4.69, 9.17) is 0 Å². The number of hydrogen-bond acceptors (Lipinski definition) is 4. The summed E-state index contributed by atoms with van der Waals surface area (Å²) in [6.07, 6.45) is 8.76. The molecule has 1 N–H and O–H groups in total. The van der Waals surface area contributed by atoms with Gasteiger partial charge >= 0.3 is 0 Å². The molecule has 0 amide bonds. The van der Waals surface area contributed by atoms with Crippen molar-refractivity contribution in [2.45, 2.75) is 43.0 Å². The van der Waals surface area contributed by atoms with Crippen LogP contribution in [0.1, 0.15) is 43.8 Å². The van der Waals surface area contributed by atoms with Crippen LogP contribution in [0.4, 0.5) is 0 Å². The number of nitrogens with zero attached hydrogens (tertiary/aromatic N) is 2. The molecule has 0 radical (unpaired) electrons. The first-order valence-electron chi connectivity index (χ1n) is 7.03. The number of piperidine rings is 1. The molecule has 1 aromatic heterocycles. The third-order valence-electron chi connectivity index (χ3n) is 4.17. The van der Waals surface area contributed by atoms with E-state index in [1.165, 1.54) is 31.7 Å². The van der Waals surface area contributed by atoms with Gasteiger partial charge in [0, 0.05) is 12.8 Å². The lowest BCUT2D eigenvalue weighted by Gasteiger charge is -2.35. The Hall–Kier alpha value is -0.880. The van der Waals surface area contributed by atoms with E-state index in [0.29, 0.717) is 4.90 Å².